The van der Waals surface area contributed by atoms with Gasteiger partial charge in [0.15, 0.2) is 0 Å². The SMILES string of the molecule is COCCCn1c(C2CCCN(C(=O)CCCc3ccc(-c4c[nH]c(=O)[nH]c4=O)cc3)C2)c(C)c2ccccc21. The van der Waals surface area contributed by atoms with E-state index in [1.807, 2.05) is 24.3 Å². The molecule has 1 aliphatic heterocycles. The number of H-pyrrole nitrogens is 2. The summed E-state index contributed by atoms with van der Waals surface area (Å²) in [6.45, 7) is 5.46. The van der Waals surface area contributed by atoms with Gasteiger partial charge in [0, 0.05) is 68.5 Å². The van der Waals surface area contributed by atoms with E-state index in [1.165, 1.54) is 28.4 Å². The van der Waals surface area contributed by atoms with Crippen molar-refractivity contribution in [1.29, 1.82) is 0 Å². The average Bonchev–Trinajstić information content (AvgIpc) is 3.25. The number of aryl methyl sites for hydroxylation is 3. The van der Waals surface area contributed by atoms with Crippen LogP contribution in [0.5, 0.6) is 0 Å². The molecule has 4 aromatic rings. The number of aromatic amines is 2. The molecule has 1 saturated heterocycles. The van der Waals surface area contributed by atoms with Gasteiger partial charge in [0.25, 0.3) is 5.56 Å². The third-order valence-corrected chi connectivity index (χ3v) is 8.11. The van der Waals surface area contributed by atoms with Gasteiger partial charge < -0.3 is 19.2 Å². The number of nitrogens with zero attached hydrogens (tertiary/aromatic N) is 2. The lowest BCUT2D eigenvalue weighted by atomic mass is 9.91. The Bertz CT molecular complexity index is 1580. The van der Waals surface area contributed by atoms with E-state index in [-0.39, 0.29) is 5.91 Å². The minimum Gasteiger partial charge on any atom is -0.385 e. The Balaban J connectivity index is 1.21. The zero-order valence-corrected chi connectivity index (χ0v) is 23.4. The van der Waals surface area contributed by atoms with E-state index in [2.05, 4.69) is 50.6 Å². The lowest BCUT2D eigenvalue weighted by molar-refractivity contribution is -0.132. The number of para-hydroxylation sites is 1. The summed E-state index contributed by atoms with van der Waals surface area (Å²) in [6.07, 6.45) is 6.58. The van der Waals surface area contributed by atoms with Crippen molar-refractivity contribution >= 4 is 16.8 Å². The van der Waals surface area contributed by atoms with Gasteiger partial charge in [-0.05, 0) is 61.8 Å². The third kappa shape index (κ3) is 5.97. The van der Waals surface area contributed by atoms with E-state index in [9.17, 15) is 14.4 Å². The number of nitrogens with one attached hydrogen (secondary N) is 2. The second-order valence-electron chi connectivity index (χ2n) is 10.7. The molecule has 0 aliphatic carbocycles. The number of fused-ring (bicyclic) bond motifs is 1. The Morgan fingerprint density at radius 2 is 1.88 bits per heavy atom. The molecule has 2 N–H and O–H groups in total. The van der Waals surface area contributed by atoms with E-state index in [4.69, 9.17) is 4.74 Å². The van der Waals surface area contributed by atoms with Crippen LogP contribution in [0.1, 0.15) is 54.8 Å². The predicted octanol–water partition coefficient (Wildman–Crippen LogP) is 4.76. The van der Waals surface area contributed by atoms with Gasteiger partial charge in [-0.2, -0.15) is 0 Å². The van der Waals surface area contributed by atoms with Crippen LogP contribution in [0.15, 0.2) is 64.3 Å². The maximum absolute atomic E-state index is 13.3. The predicted molar refractivity (Wildman–Crippen MR) is 158 cm³/mol. The van der Waals surface area contributed by atoms with Crippen LogP contribution >= 0.6 is 0 Å². The van der Waals surface area contributed by atoms with Gasteiger partial charge in [-0.1, -0.05) is 42.5 Å². The van der Waals surface area contributed by atoms with Crippen LogP contribution in [0.2, 0.25) is 0 Å². The molecule has 1 unspecified atom stereocenters. The fraction of sp³-hybridized carbons (Fsp3) is 0.406. The van der Waals surface area contributed by atoms with E-state index in [0.717, 1.165) is 69.5 Å². The van der Waals surface area contributed by atoms with E-state index >= 15 is 0 Å². The number of amides is 1. The summed E-state index contributed by atoms with van der Waals surface area (Å²) in [5.41, 5.74) is 5.33. The molecule has 1 atom stereocenters. The number of hydrogen-bond donors (Lipinski definition) is 2. The number of piperidine rings is 1. The molecule has 0 saturated carbocycles. The van der Waals surface area contributed by atoms with Gasteiger partial charge in [-0.3, -0.25) is 14.6 Å². The van der Waals surface area contributed by atoms with Crippen LogP contribution in [-0.2, 0) is 22.5 Å². The van der Waals surface area contributed by atoms with Crippen molar-refractivity contribution in [2.24, 2.45) is 0 Å². The van der Waals surface area contributed by atoms with Crippen molar-refractivity contribution in [2.75, 3.05) is 26.8 Å². The van der Waals surface area contributed by atoms with Gasteiger partial charge in [-0.15, -0.1) is 0 Å². The number of aromatic nitrogens is 3. The molecule has 0 spiro atoms. The second kappa shape index (κ2) is 12.5. The molecular weight excluding hydrogens is 504 g/mol. The quantitative estimate of drug-likeness (QED) is 0.282. The van der Waals surface area contributed by atoms with Crippen LogP contribution in [0.25, 0.3) is 22.0 Å². The summed E-state index contributed by atoms with van der Waals surface area (Å²) in [7, 11) is 1.75. The maximum atomic E-state index is 13.3. The molecule has 8 heteroatoms. The van der Waals surface area contributed by atoms with Crippen LogP contribution < -0.4 is 11.2 Å². The molecule has 1 amide bonds. The van der Waals surface area contributed by atoms with Crippen LogP contribution in [0.3, 0.4) is 0 Å². The normalized spacial score (nSPS) is 15.6. The highest BCUT2D eigenvalue weighted by atomic mass is 16.5. The number of benzene rings is 2. The molecule has 1 aliphatic rings. The van der Waals surface area contributed by atoms with E-state index in [1.54, 1.807) is 7.11 Å². The van der Waals surface area contributed by atoms with Gasteiger partial charge in [-0.25, -0.2) is 4.79 Å². The summed E-state index contributed by atoms with van der Waals surface area (Å²) in [5.74, 6) is 0.553. The second-order valence-corrected chi connectivity index (χ2v) is 10.7. The highest BCUT2D eigenvalue weighted by Gasteiger charge is 2.29. The van der Waals surface area contributed by atoms with Crippen LogP contribution in [0, 0.1) is 6.92 Å². The number of likely N-dealkylation sites (tertiary alicyclic amines) is 1. The van der Waals surface area contributed by atoms with Crippen molar-refractivity contribution in [2.45, 2.75) is 57.9 Å². The molecule has 0 radical (unpaired) electrons. The molecule has 2 aromatic carbocycles. The lowest BCUT2D eigenvalue weighted by Crippen LogP contribution is -2.39. The summed E-state index contributed by atoms with van der Waals surface area (Å²) < 4.78 is 7.79. The fourth-order valence-corrected chi connectivity index (χ4v) is 6.13. The maximum Gasteiger partial charge on any atom is 0.325 e. The molecule has 0 bridgehead atoms. The van der Waals surface area contributed by atoms with Crippen molar-refractivity contribution in [3.8, 4) is 11.1 Å². The van der Waals surface area contributed by atoms with E-state index < -0.39 is 11.2 Å². The molecule has 5 rings (SSSR count). The first-order valence-electron chi connectivity index (χ1n) is 14.2. The molecular formula is C32H38N4O4. The van der Waals surface area contributed by atoms with Gasteiger partial charge in [0.1, 0.15) is 0 Å². The Kier molecular flexibility index (Phi) is 8.65. The van der Waals surface area contributed by atoms with Gasteiger partial charge in [0.05, 0.1) is 5.56 Å². The topological polar surface area (TPSA) is 100 Å². The van der Waals surface area contributed by atoms with Gasteiger partial charge >= 0.3 is 5.69 Å². The third-order valence-electron chi connectivity index (χ3n) is 8.11. The lowest BCUT2D eigenvalue weighted by Gasteiger charge is -2.34. The smallest absolute Gasteiger partial charge is 0.325 e. The fourth-order valence-electron chi connectivity index (χ4n) is 6.13. The Hall–Kier alpha value is -3.91. The van der Waals surface area contributed by atoms with Crippen LogP contribution in [-0.4, -0.2) is 52.1 Å². The molecule has 1 fully saturated rings. The van der Waals surface area contributed by atoms with E-state index in [0.29, 0.717) is 17.9 Å². The monoisotopic (exact) mass is 542 g/mol. The zero-order chi connectivity index (χ0) is 28.1. The van der Waals surface area contributed by atoms with Crippen molar-refractivity contribution in [3.63, 3.8) is 0 Å². The van der Waals surface area contributed by atoms with Crippen molar-refractivity contribution in [3.05, 3.63) is 92.4 Å². The average molecular weight is 543 g/mol. The minimum absolute atomic E-state index is 0.223. The highest BCUT2D eigenvalue weighted by Crippen LogP contribution is 2.36. The summed E-state index contributed by atoms with van der Waals surface area (Å²) in [4.78, 5) is 43.4. The molecule has 3 heterocycles. The number of hydrogen-bond acceptors (Lipinski definition) is 4. The van der Waals surface area contributed by atoms with Crippen LogP contribution in [0.4, 0.5) is 0 Å². The minimum atomic E-state index is -0.519. The Morgan fingerprint density at radius 3 is 2.65 bits per heavy atom. The number of methoxy groups -OCH3 is 1. The van der Waals surface area contributed by atoms with Crippen molar-refractivity contribution < 1.29 is 9.53 Å². The molecule has 40 heavy (non-hydrogen) atoms. The molecule has 8 nitrogen and oxygen atoms in total. The number of carbonyl (C=O) groups excluding carboxylic acids is 1. The van der Waals surface area contributed by atoms with Crippen molar-refractivity contribution in [1.82, 2.24) is 19.4 Å². The largest absolute Gasteiger partial charge is 0.385 e. The summed E-state index contributed by atoms with van der Waals surface area (Å²) >= 11 is 0. The number of ether oxygens (including phenoxy) is 1. The van der Waals surface area contributed by atoms with Gasteiger partial charge in [0.2, 0.25) is 5.91 Å². The molecule has 2 aromatic heterocycles. The standard InChI is InChI=1S/C32H38N4O4/c1-22-26-10-3-4-11-28(26)36(18-7-19-40-2)30(22)25-9-6-17-35(21-25)29(37)12-5-8-23-13-15-24(16-14-23)27-20-33-32(39)34-31(27)38/h3-4,10-11,13-16,20,25H,5-9,12,17-19,21H2,1-2H3,(H2,33,34,38,39). The Morgan fingerprint density at radius 1 is 1.07 bits per heavy atom. The Labute approximate surface area is 234 Å². The zero-order valence-electron chi connectivity index (χ0n) is 23.4. The number of rotatable bonds is 10. The summed E-state index contributed by atoms with van der Waals surface area (Å²) in [6, 6.07) is 16.3. The first-order valence-corrected chi connectivity index (χ1v) is 14.2. The summed E-state index contributed by atoms with van der Waals surface area (Å²) in [5, 5.41) is 1.30. The molecule has 210 valence electrons. The first kappa shape index (κ1) is 27.6. The number of carbonyl (C=O) groups is 1. The first-order chi connectivity index (χ1) is 19.5. The highest BCUT2D eigenvalue weighted by molar-refractivity contribution is 5.85.